The number of halogens is 3. The zero-order valence-electron chi connectivity index (χ0n) is 9.35. The monoisotopic (exact) mass is 243 g/mol. The van der Waals surface area contributed by atoms with Gasteiger partial charge in [0.2, 0.25) is 5.54 Å². The fourth-order valence-electron chi connectivity index (χ4n) is 0.789. The smallest absolute Gasteiger partial charge is 0.417 e. The predicted molar refractivity (Wildman–Crippen MR) is 51.0 cm³/mol. The number of nitrogens with one attached hydrogen (secondary N) is 1. The summed E-state index contributed by atoms with van der Waals surface area (Å²) in [5.74, 6) is -2.02. The quantitative estimate of drug-likeness (QED) is 0.677. The first-order valence-corrected chi connectivity index (χ1v) is 4.74. The Labute approximate surface area is 91.5 Å². The van der Waals surface area contributed by atoms with E-state index in [1.807, 2.05) is 5.32 Å². The molecule has 7 heteroatoms. The van der Waals surface area contributed by atoms with Gasteiger partial charge in [-0.3, -0.25) is 5.32 Å². The molecule has 0 fully saturated rings. The van der Waals surface area contributed by atoms with Gasteiger partial charge in [-0.2, -0.15) is 13.2 Å². The second-order valence-electron chi connectivity index (χ2n) is 4.13. The van der Waals surface area contributed by atoms with Crippen LogP contribution in [0.15, 0.2) is 0 Å². The van der Waals surface area contributed by atoms with Gasteiger partial charge in [0.25, 0.3) is 0 Å². The van der Waals surface area contributed by atoms with Crippen molar-refractivity contribution in [2.75, 3.05) is 6.54 Å². The number of carboxylic acid groups (broad SMARTS) is 1. The molecule has 0 aromatic carbocycles. The molecule has 0 bridgehead atoms. The highest BCUT2D eigenvalue weighted by atomic mass is 19.4. The molecule has 0 aromatic rings. The molecule has 0 aliphatic carbocycles. The fourth-order valence-corrected chi connectivity index (χ4v) is 0.789. The molecule has 0 radical (unpaired) electrons. The van der Waals surface area contributed by atoms with Crippen LogP contribution in [-0.2, 0) is 4.79 Å². The summed E-state index contributed by atoms with van der Waals surface area (Å²) in [4.78, 5) is 10.6. The minimum atomic E-state index is -4.93. The maximum atomic E-state index is 12.5. The number of aliphatic hydroxyl groups is 1. The zero-order chi connectivity index (χ0) is 13.2. The summed E-state index contributed by atoms with van der Waals surface area (Å²) in [6, 6.07) is 0. The number of rotatable bonds is 5. The van der Waals surface area contributed by atoms with E-state index in [0.29, 0.717) is 6.92 Å². The molecule has 3 N–H and O–H groups in total. The molecule has 16 heavy (non-hydrogen) atoms. The van der Waals surface area contributed by atoms with Crippen molar-refractivity contribution in [3.05, 3.63) is 0 Å². The summed E-state index contributed by atoms with van der Waals surface area (Å²) < 4.78 is 37.5. The second-order valence-corrected chi connectivity index (χ2v) is 4.13. The van der Waals surface area contributed by atoms with Crippen LogP contribution in [0.3, 0.4) is 0 Å². The molecule has 0 aliphatic heterocycles. The minimum absolute atomic E-state index is 0.216. The summed E-state index contributed by atoms with van der Waals surface area (Å²) in [5.41, 5.74) is -4.42. The summed E-state index contributed by atoms with van der Waals surface area (Å²) >= 11 is 0. The van der Waals surface area contributed by atoms with Crippen molar-refractivity contribution in [3.8, 4) is 0 Å². The molecule has 2 unspecified atom stereocenters. The van der Waals surface area contributed by atoms with E-state index in [1.165, 1.54) is 6.92 Å². The van der Waals surface area contributed by atoms with Crippen LogP contribution in [0, 0.1) is 0 Å². The SMILES string of the molecule is CCC(C)(O)CNC(C)(C(=O)O)C(F)(F)F. The lowest BCUT2D eigenvalue weighted by Crippen LogP contribution is -2.62. The second kappa shape index (κ2) is 4.58. The van der Waals surface area contributed by atoms with Gasteiger partial charge in [-0.25, -0.2) is 4.79 Å². The molecule has 96 valence electrons. The Kier molecular flexibility index (Phi) is 4.35. The Morgan fingerprint density at radius 1 is 1.31 bits per heavy atom. The number of carboxylic acids is 1. The average Bonchev–Trinajstić information content (AvgIpc) is 2.12. The molecule has 4 nitrogen and oxygen atoms in total. The fraction of sp³-hybridized carbons (Fsp3) is 0.889. The van der Waals surface area contributed by atoms with Crippen LogP contribution in [0.2, 0.25) is 0 Å². The largest absolute Gasteiger partial charge is 0.480 e. The molecule has 0 spiro atoms. The van der Waals surface area contributed by atoms with E-state index in [-0.39, 0.29) is 6.42 Å². The predicted octanol–water partition coefficient (Wildman–Crippen LogP) is 1.14. The van der Waals surface area contributed by atoms with Crippen molar-refractivity contribution < 1.29 is 28.2 Å². The Morgan fingerprint density at radius 3 is 2.00 bits per heavy atom. The maximum Gasteiger partial charge on any atom is 0.417 e. The molecule has 0 amide bonds. The maximum absolute atomic E-state index is 12.5. The highest BCUT2D eigenvalue weighted by Crippen LogP contribution is 2.30. The van der Waals surface area contributed by atoms with Crippen molar-refractivity contribution in [2.45, 2.75) is 44.5 Å². The molecule has 0 aromatic heterocycles. The summed E-state index contributed by atoms with van der Waals surface area (Å²) in [6.45, 7) is 3.00. The van der Waals surface area contributed by atoms with Gasteiger partial charge >= 0.3 is 12.1 Å². The van der Waals surface area contributed by atoms with Crippen molar-refractivity contribution in [1.29, 1.82) is 0 Å². The first kappa shape index (κ1) is 15.2. The average molecular weight is 243 g/mol. The third kappa shape index (κ3) is 3.34. The molecule has 0 saturated carbocycles. The number of alkyl halides is 3. The van der Waals surface area contributed by atoms with Gasteiger partial charge in [-0.15, -0.1) is 0 Å². The lowest BCUT2D eigenvalue weighted by atomic mass is 9.98. The van der Waals surface area contributed by atoms with E-state index in [2.05, 4.69) is 0 Å². The molecule has 0 saturated heterocycles. The minimum Gasteiger partial charge on any atom is -0.480 e. The Balaban J connectivity index is 4.80. The van der Waals surface area contributed by atoms with E-state index in [9.17, 15) is 23.1 Å². The molecular formula is C9H16F3NO3. The van der Waals surface area contributed by atoms with E-state index >= 15 is 0 Å². The molecule has 2 atom stereocenters. The van der Waals surface area contributed by atoms with Crippen molar-refractivity contribution in [3.63, 3.8) is 0 Å². The van der Waals surface area contributed by atoms with E-state index in [1.54, 1.807) is 6.92 Å². The Bertz CT molecular complexity index is 265. The number of aliphatic carboxylic acids is 1. The van der Waals surface area contributed by atoms with Crippen LogP contribution in [-0.4, -0.2) is 40.0 Å². The number of β-amino-alcohol motifs (C(OH)–C–C–N with tert-alkyl or cyclic N) is 1. The van der Waals surface area contributed by atoms with Gasteiger partial charge in [0.1, 0.15) is 0 Å². The van der Waals surface area contributed by atoms with Crippen LogP contribution in [0.4, 0.5) is 13.2 Å². The van der Waals surface area contributed by atoms with Gasteiger partial charge in [0.05, 0.1) is 5.60 Å². The van der Waals surface area contributed by atoms with Crippen LogP contribution in [0.25, 0.3) is 0 Å². The standard InChI is InChI=1S/C9H16F3NO3/c1-4-7(2,16)5-13-8(3,6(14)15)9(10,11)12/h13,16H,4-5H2,1-3H3,(H,14,15). The number of hydrogen-bond acceptors (Lipinski definition) is 3. The van der Waals surface area contributed by atoms with Crippen LogP contribution < -0.4 is 5.32 Å². The summed E-state index contributed by atoms with van der Waals surface area (Å²) in [7, 11) is 0. The van der Waals surface area contributed by atoms with Gasteiger partial charge in [0, 0.05) is 6.54 Å². The zero-order valence-corrected chi connectivity index (χ0v) is 9.35. The molecule has 0 rings (SSSR count). The molecule has 0 heterocycles. The topological polar surface area (TPSA) is 69.6 Å². The summed E-state index contributed by atoms with van der Waals surface area (Å²) in [6.07, 6.45) is -4.71. The number of hydrogen-bond donors (Lipinski definition) is 3. The lowest BCUT2D eigenvalue weighted by Gasteiger charge is -2.32. The van der Waals surface area contributed by atoms with Crippen molar-refractivity contribution >= 4 is 5.97 Å². The molecular weight excluding hydrogens is 227 g/mol. The number of carbonyl (C=O) groups is 1. The van der Waals surface area contributed by atoms with E-state index < -0.39 is 29.8 Å². The normalized spacial score (nSPS) is 19.9. The van der Waals surface area contributed by atoms with Crippen molar-refractivity contribution in [1.82, 2.24) is 5.32 Å². The highest BCUT2D eigenvalue weighted by molar-refractivity contribution is 5.79. The Hall–Kier alpha value is -0.820. The molecule has 0 aliphatic rings. The van der Waals surface area contributed by atoms with Gasteiger partial charge in [-0.05, 0) is 20.3 Å². The van der Waals surface area contributed by atoms with Crippen LogP contribution >= 0.6 is 0 Å². The van der Waals surface area contributed by atoms with Crippen LogP contribution in [0.1, 0.15) is 27.2 Å². The van der Waals surface area contributed by atoms with E-state index in [4.69, 9.17) is 5.11 Å². The lowest BCUT2D eigenvalue weighted by molar-refractivity contribution is -0.207. The van der Waals surface area contributed by atoms with E-state index in [0.717, 1.165) is 0 Å². The summed E-state index contributed by atoms with van der Waals surface area (Å²) in [5, 5.41) is 19.9. The Morgan fingerprint density at radius 2 is 1.75 bits per heavy atom. The van der Waals surface area contributed by atoms with Crippen molar-refractivity contribution in [2.24, 2.45) is 0 Å². The van der Waals surface area contributed by atoms with Gasteiger partial charge in [-0.1, -0.05) is 6.92 Å². The van der Waals surface area contributed by atoms with Gasteiger partial charge in [0.15, 0.2) is 0 Å². The highest BCUT2D eigenvalue weighted by Gasteiger charge is 2.57. The third-order valence-corrected chi connectivity index (χ3v) is 2.58. The van der Waals surface area contributed by atoms with Crippen LogP contribution in [0.5, 0.6) is 0 Å². The third-order valence-electron chi connectivity index (χ3n) is 2.58. The first-order valence-electron chi connectivity index (χ1n) is 4.74. The van der Waals surface area contributed by atoms with Gasteiger partial charge < -0.3 is 10.2 Å². The first-order chi connectivity index (χ1) is 6.96.